The second-order valence-corrected chi connectivity index (χ2v) is 4.49. The molecule has 0 spiro atoms. The smallest absolute Gasteiger partial charge is 0.346 e. The maximum Gasteiger partial charge on any atom is 0.346 e. The molecule has 3 N–H and O–H groups in total. The van der Waals surface area contributed by atoms with Crippen molar-refractivity contribution in [1.29, 1.82) is 0 Å². The molecular formula is C16H17NO3. The van der Waals surface area contributed by atoms with Gasteiger partial charge in [0.25, 0.3) is 0 Å². The van der Waals surface area contributed by atoms with E-state index in [4.69, 9.17) is 15.6 Å². The molecule has 1 unspecified atom stereocenters. The van der Waals surface area contributed by atoms with E-state index in [1.807, 2.05) is 30.3 Å². The van der Waals surface area contributed by atoms with Crippen molar-refractivity contribution in [3.05, 3.63) is 65.7 Å². The summed E-state index contributed by atoms with van der Waals surface area (Å²) >= 11 is 0. The molecule has 0 radical (unpaired) electrons. The molecule has 104 valence electrons. The zero-order valence-corrected chi connectivity index (χ0v) is 11.0. The van der Waals surface area contributed by atoms with Gasteiger partial charge in [0.2, 0.25) is 6.10 Å². The van der Waals surface area contributed by atoms with Gasteiger partial charge < -0.3 is 15.6 Å². The summed E-state index contributed by atoms with van der Waals surface area (Å²) in [6, 6.07) is 17.5. The summed E-state index contributed by atoms with van der Waals surface area (Å²) in [7, 11) is 0. The third kappa shape index (κ3) is 3.83. The lowest BCUT2D eigenvalue weighted by Crippen LogP contribution is -2.34. The van der Waals surface area contributed by atoms with Crippen LogP contribution >= 0.6 is 0 Å². The lowest BCUT2D eigenvalue weighted by atomic mass is 10.1. The van der Waals surface area contributed by atoms with Gasteiger partial charge in [0.15, 0.2) is 0 Å². The average molecular weight is 271 g/mol. The first-order valence-corrected chi connectivity index (χ1v) is 6.41. The van der Waals surface area contributed by atoms with Gasteiger partial charge in [0.05, 0.1) is 0 Å². The molecule has 4 nitrogen and oxygen atoms in total. The summed E-state index contributed by atoms with van der Waals surface area (Å²) in [4.78, 5) is 10.8. The van der Waals surface area contributed by atoms with Crippen molar-refractivity contribution < 1.29 is 14.6 Å². The van der Waals surface area contributed by atoms with Crippen LogP contribution in [0.15, 0.2) is 54.6 Å². The van der Waals surface area contributed by atoms with Gasteiger partial charge in [0.1, 0.15) is 5.75 Å². The SMILES string of the molecule is NCC(Oc1ccc(Cc2ccccc2)cc1)C(=O)O. The molecule has 0 aromatic heterocycles. The Morgan fingerprint density at radius 1 is 1.05 bits per heavy atom. The van der Waals surface area contributed by atoms with Crippen LogP contribution in [-0.2, 0) is 11.2 Å². The number of carboxylic acid groups (broad SMARTS) is 1. The Morgan fingerprint density at radius 2 is 1.65 bits per heavy atom. The average Bonchev–Trinajstić information content (AvgIpc) is 2.47. The van der Waals surface area contributed by atoms with Gasteiger partial charge in [-0.15, -0.1) is 0 Å². The third-order valence-corrected chi connectivity index (χ3v) is 2.94. The second kappa shape index (κ2) is 6.73. The first kappa shape index (κ1) is 14.1. The Hall–Kier alpha value is -2.33. The van der Waals surface area contributed by atoms with Gasteiger partial charge in [-0.25, -0.2) is 4.79 Å². The van der Waals surface area contributed by atoms with Crippen molar-refractivity contribution in [3.63, 3.8) is 0 Å². The normalized spacial score (nSPS) is 11.8. The van der Waals surface area contributed by atoms with Crippen LogP contribution in [-0.4, -0.2) is 23.7 Å². The molecule has 0 aliphatic rings. The van der Waals surface area contributed by atoms with E-state index in [2.05, 4.69) is 12.1 Å². The lowest BCUT2D eigenvalue weighted by molar-refractivity contribution is -0.144. The fourth-order valence-electron chi connectivity index (χ4n) is 1.88. The molecule has 0 saturated heterocycles. The molecule has 2 rings (SSSR count). The second-order valence-electron chi connectivity index (χ2n) is 4.49. The van der Waals surface area contributed by atoms with Crippen LogP contribution in [0.2, 0.25) is 0 Å². The summed E-state index contributed by atoms with van der Waals surface area (Å²) < 4.78 is 5.31. The molecule has 2 aromatic rings. The third-order valence-electron chi connectivity index (χ3n) is 2.94. The molecule has 0 heterocycles. The molecule has 1 atom stereocenters. The molecular weight excluding hydrogens is 254 g/mol. The molecule has 20 heavy (non-hydrogen) atoms. The molecule has 0 aliphatic carbocycles. The number of hydrogen-bond donors (Lipinski definition) is 2. The van der Waals surface area contributed by atoms with Crippen LogP contribution in [0.25, 0.3) is 0 Å². The molecule has 0 bridgehead atoms. The predicted molar refractivity (Wildman–Crippen MR) is 76.8 cm³/mol. The van der Waals surface area contributed by atoms with Crippen molar-refractivity contribution >= 4 is 5.97 Å². The number of hydrogen-bond acceptors (Lipinski definition) is 3. The Morgan fingerprint density at radius 3 is 2.20 bits per heavy atom. The Bertz CT molecular complexity index is 552. The molecule has 0 aliphatic heterocycles. The van der Waals surface area contributed by atoms with Crippen molar-refractivity contribution in [2.45, 2.75) is 12.5 Å². The van der Waals surface area contributed by atoms with E-state index in [0.29, 0.717) is 5.75 Å². The van der Waals surface area contributed by atoms with E-state index in [1.165, 1.54) is 5.56 Å². The monoisotopic (exact) mass is 271 g/mol. The van der Waals surface area contributed by atoms with E-state index in [0.717, 1.165) is 12.0 Å². The number of carboxylic acids is 1. The van der Waals surface area contributed by atoms with E-state index >= 15 is 0 Å². The first-order chi connectivity index (χ1) is 9.69. The van der Waals surface area contributed by atoms with Gasteiger partial charge in [-0.1, -0.05) is 42.5 Å². The van der Waals surface area contributed by atoms with Gasteiger partial charge in [-0.3, -0.25) is 0 Å². The minimum atomic E-state index is -1.05. The predicted octanol–water partition coefficient (Wildman–Crippen LogP) is 2.07. The van der Waals surface area contributed by atoms with Crippen molar-refractivity contribution in [2.75, 3.05) is 6.54 Å². The van der Waals surface area contributed by atoms with Crippen molar-refractivity contribution in [2.24, 2.45) is 5.73 Å². The summed E-state index contributed by atoms with van der Waals surface area (Å²) in [5.74, 6) is -0.541. The largest absolute Gasteiger partial charge is 0.478 e. The molecule has 0 saturated carbocycles. The number of aliphatic carboxylic acids is 1. The van der Waals surface area contributed by atoms with E-state index in [-0.39, 0.29) is 6.54 Å². The summed E-state index contributed by atoms with van der Waals surface area (Å²) in [5.41, 5.74) is 7.72. The Balaban J connectivity index is 2.01. The van der Waals surface area contributed by atoms with Gasteiger partial charge in [0, 0.05) is 6.54 Å². The maximum atomic E-state index is 10.8. The molecule has 0 fully saturated rings. The van der Waals surface area contributed by atoms with Gasteiger partial charge in [-0.2, -0.15) is 0 Å². The number of nitrogens with two attached hydrogens (primary N) is 1. The van der Waals surface area contributed by atoms with Gasteiger partial charge >= 0.3 is 5.97 Å². The van der Waals surface area contributed by atoms with E-state index in [1.54, 1.807) is 12.1 Å². The Labute approximate surface area is 117 Å². The minimum Gasteiger partial charge on any atom is -0.478 e. The highest BCUT2D eigenvalue weighted by Gasteiger charge is 2.16. The minimum absolute atomic E-state index is 0.0545. The molecule has 0 amide bonds. The first-order valence-electron chi connectivity index (χ1n) is 6.41. The van der Waals surface area contributed by atoms with Crippen molar-refractivity contribution in [1.82, 2.24) is 0 Å². The highest BCUT2D eigenvalue weighted by molar-refractivity contribution is 5.73. The Kier molecular flexibility index (Phi) is 4.74. The fraction of sp³-hybridized carbons (Fsp3) is 0.188. The van der Waals surface area contributed by atoms with Crippen molar-refractivity contribution in [3.8, 4) is 5.75 Å². The van der Waals surface area contributed by atoms with Crippen LogP contribution in [0.4, 0.5) is 0 Å². The molecule has 4 heteroatoms. The van der Waals surface area contributed by atoms with Crippen LogP contribution in [0, 0.1) is 0 Å². The zero-order chi connectivity index (χ0) is 14.4. The summed E-state index contributed by atoms with van der Waals surface area (Å²) in [6.45, 7) is -0.0545. The summed E-state index contributed by atoms with van der Waals surface area (Å²) in [5, 5.41) is 8.88. The standard InChI is InChI=1S/C16H17NO3/c17-11-15(16(18)19)20-14-8-6-13(7-9-14)10-12-4-2-1-3-5-12/h1-9,15H,10-11,17H2,(H,18,19). The molecule has 2 aromatic carbocycles. The summed E-state index contributed by atoms with van der Waals surface area (Å²) in [6.07, 6.45) is -0.171. The topological polar surface area (TPSA) is 72.5 Å². The number of rotatable bonds is 6. The highest BCUT2D eigenvalue weighted by Crippen LogP contribution is 2.16. The number of carbonyl (C=O) groups is 1. The fourth-order valence-corrected chi connectivity index (χ4v) is 1.88. The maximum absolute atomic E-state index is 10.8. The van der Waals surface area contributed by atoms with Gasteiger partial charge in [-0.05, 0) is 29.7 Å². The van der Waals surface area contributed by atoms with E-state index in [9.17, 15) is 4.79 Å². The van der Waals surface area contributed by atoms with E-state index < -0.39 is 12.1 Å². The lowest BCUT2D eigenvalue weighted by Gasteiger charge is -2.13. The zero-order valence-electron chi connectivity index (χ0n) is 11.0. The van der Waals surface area contributed by atoms with Crippen LogP contribution < -0.4 is 10.5 Å². The van der Waals surface area contributed by atoms with Crippen LogP contribution in [0.1, 0.15) is 11.1 Å². The van der Waals surface area contributed by atoms with Crippen LogP contribution in [0.5, 0.6) is 5.75 Å². The highest BCUT2D eigenvalue weighted by atomic mass is 16.5. The van der Waals surface area contributed by atoms with Crippen LogP contribution in [0.3, 0.4) is 0 Å². The quantitative estimate of drug-likeness (QED) is 0.843. The number of ether oxygens (including phenoxy) is 1. The number of benzene rings is 2.